The van der Waals surface area contributed by atoms with E-state index < -0.39 is 0 Å². The second kappa shape index (κ2) is 6.89. The number of allylic oxidation sites excluding steroid dienone is 3. The Labute approximate surface area is 163 Å². The Balaban J connectivity index is 1.97. The summed E-state index contributed by atoms with van der Waals surface area (Å²) < 4.78 is 22.1. The molecule has 7 nitrogen and oxygen atoms in total. The SMILES string of the molecule is COC1=C[C@H]2C3=C([C@H]2C1=O)[C@@H](NC=O)CCc1cc(OC)c(OC)c(OC)c13. The molecule has 0 radical (unpaired) electrons. The highest BCUT2D eigenvalue weighted by atomic mass is 16.5. The lowest BCUT2D eigenvalue weighted by Crippen LogP contribution is -2.42. The van der Waals surface area contributed by atoms with Gasteiger partial charge in [0.15, 0.2) is 17.3 Å². The van der Waals surface area contributed by atoms with Gasteiger partial charge in [-0.1, -0.05) is 0 Å². The van der Waals surface area contributed by atoms with E-state index in [2.05, 4.69) is 5.32 Å². The maximum absolute atomic E-state index is 12.8. The molecule has 0 fully saturated rings. The van der Waals surface area contributed by atoms with Crippen LogP contribution in [0.5, 0.6) is 17.2 Å². The van der Waals surface area contributed by atoms with Crippen LogP contribution in [0.1, 0.15) is 17.5 Å². The number of hydrogen-bond donors (Lipinski definition) is 1. The van der Waals surface area contributed by atoms with Crippen molar-refractivity contribution in [2.45, 2.75) is 18.9 Å². The summed E-state index contributed by atoms with van der Waals surface area (Å²) in [6, 6.07) is 1.74. The molecule has 1 aromatic carbocycles. The van der Waals surface area contributed by atoms with E-state index in [1.165, 1.54) is 7.11 Å². The summed E-state index contributed by atoms with van der Waals surface area (Å²) in [5.41, 5.74) is 3.92. The molecule has 148 valence electrons. The number of carbonyl (C=O) groups is 2. The maximum atomic E-state index is 12.8. The molecule has 1 aromatic rings. The fourth-order valence-corrected chi connectivity index (χ4v) is 4.80. The van der Waals surface area contributed by atoms with E-state index in [0.717, 1.165) is 22.3 Å². The molecule has 1 N–H and O–H groups in total. The van der Waals surface area contributed by atoms with Gasteiger partial charge in [0.1, 0.15) is 0 Å². The number of aryl methyl sites for hydroxylation is 1. The zero-order valence-corrected chi connectivity index (χ0v) is 16.3. The molecule has 0 saturated heterocycles. The van der Waals surface area contributed by atoms with Crippen molar-refractivity contribution in [2.75, 3.05) is 28.4 Å². The van der Waals surface area contributed by atoms with Crippen LogP contribution in [0, 0.1) is 11.8 Å². The Morgan fingerprint density at radius 2 is 1.82 bits per heavy atom. The topological polar surface area (TPSA) is 83.1 Å². The summed E-state index contributed by atoms with van der Waals surface area (Å²) in [4.78, 5) is 24.0. The molecule has 3 aliphatic rings. The van der Waals surface area contributed by atoms with Crippen molar-refractivity contribution in [1.82, 2.24) is 5.32 Å². The number of fused-ring (bicyclic) bond motifs is 5. The summed E-state index contributed by atoms with van der Waals surface area (Å²) in [5.74, 6) is 1.63. The molecule has 0 aliphatic heterocycles. The third-order valence-corrected chi connectivity index (χ3v) is 5.94. The standard InChI is InChI=1S/C21H23NO6/c1-25-13-8-11-16-15-10(7-14(26-2)20(27-3)21(15)28-4)5-6-12(22-9-23)18(16)17(11)19(13)24/h7-9,11-12,17H,5-6H2,1-4H3,(H,22,23)/t11-,12-,17-/m0/s1. The largest absolute Gasteiger partial charge is 0.493 e. The molecule has 28 heavy (non-hydrogen) atoms. The Morgan fingerprint density at radius 3 is 2.43 bits per heavy atom. The lowest BCUT2D eigenvalue weighted by Gasteiger charge is -2.40. The van der Waals surface area contributed by atoms with Crippen LogP contribution in [-0.4, -0.2) is 46.7 Å². The average molecular weight is 385 g/mol. The monoisotopic (exact) mass is 385 g/mol. The summed E-state index contributed by atoms with van der Waals surface area (Å²) >= 11 is 0. The van der Waals surface area contributed by atoms with Crippen LogP contribution in [-0.2, 0) is 20.7 Å². The Morgan fingerprint density at radius 1 is 1.07 bits per heavy atom. The summed E-state index contributed by atoms with van der Waals surface area (Å²) in [6.45, 7) is 0. The first-order chi connectivity index (χ1) is 13.6. The van der Waals surface area contributed by atoms with Gasteiger partial charge in [-0.3, -0.25) is 9.59 Å². The molecule has 0 saturated carbocycles. The van der Waals surface area contributed by atoms with Gasteiger partial charge in [-0.05, 0) is 41.7 Å². The quantitative estimate of drug-likeness (QED) is 0.753. The van der Waals surface area contributed by atoms with E-state index in [9.17, 15) is 9.59 Å². The van der Waals surface area contributed by atoms with Gasteiger partial charge in [-0.25, -0.2) is 0 Å². The summed E-state index contributed by atoms with van der Waals surface area (Å²) in [6.07, 6.45) is 3.96. The third-order valence-electron chi connectivity index (χ3n) is 5.94. The number of ketones is 1. The van der Waals surface area contributed by atoms with Crippen molar-refractivity contribution in [3.05, 3.63) is 34.6 Å². The van der Waals surface area contributed by atoms with Gasteiger partial charge in [0.25, 0.3) is 0 Å². The number of rotatable bonds is 6. The van der Waals surface area contributed by atoms with Crippen molar-refractivity contribution < 1.29 is 28.5 Å². The van der Waals surface area contributed by atoms with Gasteiger partial charge in [0.05, 0.1) is 40.4 Å². The smallest absolute Gasteiger partial charge is 0.207 e. The van der Waals surface area contributed by atoms with E-state index >= 15 is 0 Å². The van der Waals surface area contributed by atoms with Crippen LogP contribution >= 0.6 is 0 Å². The molecule has 0 heterocycles. The van der Waals surface area contributed by atoms with Crippen LogP contribution in [0.4, 0.5) is 0 Å². The van der Waals surface area contributed by atoms with Crippen LogP contribution in [0.15, 0.2) is 23.5 Å². The first kappa shape index (κ1) is 18.4. The zero-order valence-electron chi connectivity index (χ0n) is 16.3. The molecule has 0 aromatic heterocycles. The molecular weight excluding hydrogens is 362 g/mol. The number of nitrogens with one attached hydrogen (secondary N) is 1. The molecule has 7 heteroatoms. The predicted molar refractivity (Wildman–Crippen MR) is 101 cm³/mol. The Kier molecular flexibility index (Phi) is 4.53. The van der Waals surface area contributed by atoms with Gasteiger partial charge in [-0.2, -0.15) is 0 Å². The molecule has 4 rings (SSSR count). The number of methoxy groups -OCH3 is 4. The van der Waals surface area contributed by atoms with Crippen molar-refractivity contribution in [3.63, 3.8) is 0 Å². The van der Waals surface area contributed by atoms with Crippen molar-refractivity contribution in [2.24, 2.45) is 11.8 Å². The molecule has 1 amide bonds. The first-order valence-corrected chi connectivity index (χ1v) is 9.17. The number of hydrogen-bond acceptors (Lipinski definition) is 6. The van der Waals surface area contributed by atoms with Gasteiger partial charge in [-0.15, -0.1) is 0 Å². The molecule has 3 atom stereocenters. The highest BCUT2D eigenvalue weighted by Crippen LogP contribution is 2.59. The van der Waals surface area contributed by atoms with Gasteiger partial charge >= 0.3 is 0 Å². The Hall–Kier alpha value is -2.96. The number of carbonyl (C=O) groups excluding carboxylic acids is 2. The van der Waals surface area contributed by atoms with Gasteiger partial charge in [0, 0.05) is 11.5 Å². The lowest BCUT2D eigenvalue weighted by atomic mass is 9.64. The zero-order chi connectivity index (χ0) is 20.0. The minimum absolute atomic E-state index is 0.0353. The lowest BCUT2D eigenvalue weighted by molar-refractivity contribution is -0.121. The third kappa shape index (κ3) is 2.35. The number of ether oxygens (including phenoxy) is 4. The molecule has 0 unspecified atom stereocenters. The minimum Gasteiger partial charge on any atom is -0.493 e. The number of amides is 1. The van der Waals surface area contributed by atoms with E-state index in [1.807, 2.05) is 12.1 Å². The Bertz CT molecular complexity index is 916. The van der Waals surface area contributed by atoms with Crippen LogP contribution < -0.4 is 19.5 Å². The van der Waals surface area contributed by atoms with Crippen LogP contribution in [0.3, 0.4) is 0 Å². The normalized spacial score (nSPS) is 24.8. The average Bonchev–Trinajstić information content (AvgIpc) is 2.89. The molecule has 0 spiro atoms. The fraction of sp³-hybridized carbons (Fsp3) is 0.429. The van der Waals surface area contributed by atoms with Gasteiger partial charge in [0.2, 0.25) is 17.9 Å². The predicted octanol–water partition coefficient (Wildman–Crippen LogP) is 1.89. The minimum atomic E-state index is -0.300. The molecule has 3 aliphatic carbocycles. The van der Waals surface area contributed by atoms with E-state index in [0.29, 0.717) is 42.3 Å². The molecular formula is C21H23NO6. The molecule has 0 bridgehead atoms. The maximum Gasteiger partial charge on any atom is 0.207 e. The van der Waals surface area contributed by atoms with Crippen molar-refractivity contribution >= 4 is 17.8 Å². The fourth-order valence-electron chi connectivity index (χ4n) is 4.80. The second-order valence-corrected chi connectivity index (χ2v) is 7.03. The first-order valence-electron chi connectivity index (χ1n) is 9.17. The van der Waals surface area contributed by atoms with Gasteiger partial charge < -0.3 is 24.3 Å². The summed E-state index contributed by atoms with van der Waals surface area (Å²) in [7, 11) is 6.26. The second-order valence-electron chi connectivity index (χ2n) is 7.03. The van der Waals surface area contributed by atoms with E-state index in [4.69, 9.17) is 18.9 Å². The number of Topliss-reactive ketones (excluding diaryl/α,β-unsaturated/α-hetero) is 1. The van der Waals surface area contributed by atoms with Crippen LogP contribution in [0.2, 0.25) is 0 Å². The number of benzene rings is 1. The highest BCUT2D eigenvalue weighted by molar-refractivity contribution is 6.08. The van der Waals surface area contributed by atoms with Crippen molar-refractivity contribution in [3.8, 4) is 17.2 Å². The van der Waals surface area contributed by atoms with Crippen LogP contribution in [0.25, 0.3) is 5.57 Å². The van der Waals surface area contributed by atoms with Crippen molar-refractivity contribution in [1.29, 1.82) is 0 Å². The van der Waals surface area contributed by atoms with E-state index in [1.54, 1.807) is 21.3 Å². The highest BCUT2D eigenvalue weighted by Gasteiger charge is 2.54. The van der Waals surface area contributed by atoms with E-state index in [-0.39, 0.29) is 23.7 Å². The summed E-state index contributed by atoms with van der Waals surface area (Å²) in [5, 5.41) is 2.89.